The lowest BCUT2D eigenvalue weighted by molar-refractivity contribution is 0.445. The number of rotatable bonds is 8. The summed E-state index contributed by atoms with van der Waals surface area (Å²) >= 11 is 0. The predicted molar refractivity (Wildman–Crippen MR) is 80.8 cm³/mol. The van der Waals surface area contributed by atoms with Crippen molar-refractivity contribution < 1.29 is 8.42 Å². The van der Waals surface area contributed by atoms with Gasteiger partial charge in [-0.1, -0.05) is 12.8 Å². The van der Waals surface area contributed by atoms with Gasteiger partial charge in [0.05, 0.1) is 6.54 Å². The van der Waals surface area contributed by atoms with Crippen LogP contribution in [0.1, 0.15) is 26.0 Å². The van der Waals surface area contributed by atoms with Gasteiger partial charge in [-0.15, -0.1) is 6.42 Å². The molecule has 0 aliphatic carbocycles. The van der Waals surface area contributed by atoms with Crippen LogP contribution in [0.5, 0.6) is 0 Å². The second-order valence-electron chi connectivity index (χ2n) is 4.53. The fourth-order valence-electron chi connectivity index (χ4n) is 2.07. The van der Waals surface area contributed by atoms with Crippen molar-refractivity contribution in [2.45, 2.75) is 38.3 Å². The van der Waals surface area contributed by atoms with Crippen LogP contribution < -0.4 is 5.32 Å². The van der Waals surface area contributed by atoms with E-state index in [1.807, 2.05) is 25.5 Å². The summed E-state index contributed by atoms with van der Waals surface area (Å²) in [7, 11) is -1.68. The molecule has 0 atom stereocenters. The zero-order chi connectivity index (χ0) is 15.2. The van der Waals surface area contributed by atoms with E-state index in [2.05, 4.69) is 11.2 Å². The second-order valence-corrected chi connectivity index (χ2v) is 6.46. The Hall–Kier alpha value is -1.29. The molecule has 1 aromatic heterocycles. The summed E-state index contributed by atoms with van der Waals surface area (Å²) in [5.41, 5.74) is 0.950. The molecule has 1 aromatic rings. The predicted octanol–water partition coefficient (Wildman–Crippen LogP) is 1.26. The van der Waals surface area contributed by atoms with Crippen LogP contribution in [0.15, 0.2) is 17.2 Å². The maximum Gasteiger partial charge on any atom is 0.245 e. The SMILES string of the molecule is C#CCN(CCC)S(=O)(=O)c1cc(CNC)n(CC)c1. The van der Waals surface area contributed by atoms with E-state index in [-0.39, 0.29) is 6.54 Å². The van der Waals surface area contributed by atoms with E-state index in [0.29, 0.717) is 18.0 Å². The molecule has 0 saturated carbocycles. The molecule has 1 heterocycles. The molecule has 0 fully saturated rings. The number of nitrogens with one attached hydrogen (secondary N) is 1. The minimum Gasteiger partial charge on any atom is -0.349 e. The highest BCUT2D eigenvalue weighted by molar-refractivity contribution is 7.89. The number of terminal acetylenes is 1. The Bertz CT molecular complexity index is 570. The molecule has 1 N–H and O–H groups in total. The number of aryl methyl sites for hydroxylation is 1. The Balaban J connectivity index is 3.17. The van der Waals surface area contributed by atoms with Gasteiger partial charge in [0.25, 0.3) is 0 Å². The molecule has 5 nitrogen and oxygen atoms in total. The van der Waals surface area contributed by atoms with Gasteiger partial charge in [0.15, 0.2) is 0 Å². The van der Waals surface area contributed by atoms with Crippen LogP contribution in [0.4, 0.5) is 0 Å². The first kappa shape index (κ1) is 16.8. The van der Waals surface area contributed by atoms with Crippen LogP contribution in [0.2, 0.25) is 0 Å². The van der Waals surface area contributed by atoms with E-state index in [4.69, 9.17) is 6.42 Å². The summed E-state index contributed by atoms with van der Waals surface area (Å²) < 4.78 is 28.5. The molecule has 0 aliphatic rings. The summed E-state index contributed by atoms with van der Waals surface area (Å²) in [5, 5.41) is 3.04. The number of hydrogen-bond acceptors (Lipinski definition) is 3. The third-order valence-electron chi connectivity index (χ3n) is 3.04. The monoisotopic (exact) mass is 297 g/mol. The van der Waals surface area contributed by atoms with Crippen molar-refractivity contribution in [3.05, 3.63) is 18.0 Å². The van der Waals surface area contributed by atoms with Crippen LogP contribution in [0.3, 0.4) is 0 Å². The highest BCUT2D eigenvalue weighted by Gasteiger charge is 2.25. The van der Waals surface area contributed by atoms with E-state index in [9.17, 15) is 8.42 Å². The average molecular weight is 297 g/mol. The van der Waals surface area contributed by atoms with Crippen LogP contribution in [-0.4, -0.2) is 37.4 Å². The summed E-state index contributed by atoms with van der Waals surface area (Å²) in [6.45, 7) is 5.82. The molecule has 6 heteroatoms. The lowest BCUT2D eigenvalue weighted by Crippen LogP contribution is -2.32. The topological polar surface area (TPSA) is 54.3 Å². The minimum absolute atomic E-state index is 0.106. The second kappa shape index (κ2) is 7.48. The summed E-state index contributed by atoms with van der Waals surface area (Å²) in [4.78, 5) is 0.313. The maximum atomic E-state index is 12.6. The summed E-state index contributed by atoms with van der Waals surface area (Å²) in [6.07, 6.45) is 7.69. The van der Waals surface area contributed by atoms with Gasteiger partial charge < -0.3 is 9.88 Å². The molecule has 0 spiro atoms. The molecule has 0 aliphatic heterocycles. The minimum atomic E-state index is -3.51. The van der Waals surface area contributed by atoms with Crippen LogP contribution in [0, 0.1) is 12.3 Å². The molecule has 0 amide bonds. The third-order valence-corrected chi connectivity index (χ3v) is 4.85. The third kappa shape index (κ3) is 3.63. The Labute approximate surface area is 122 Å². The van der Waals surface area contributed by atoms with E-state index in [1.165, 1.54) is 4.31 Å². The van der Waals surface area contributed by atoms with Crippen molar-refractivity contribution in [2.24, 2.45) is 0 Å². The molecular weight excluding hydrogens is 274 g/mol. The Morgan fingerprint density at radius 1 is 1.45 bits per heavy atom. The van der Waals surface area contributed by atoms with E-state index in [0.717, 1.165) is 18.7 Å². The lowest BCUT2D eigenvalue weighted by Gasteiger charge is -2.18. The van der Waals surface area contributed by atoms with Crippen LogP contribution in [-0.2, 0) is 23.1 Å². The van der Waals surface area contributed by atoms with E-state index < -0.39 is 10.0 Å². The van der Waals surface area contributed by atoms with E-state index in [1.54, 1.807) is 12.3 Å². The van der Waals surface area contributed by atoms with Crippen molar-refractivity contribution in [2.75, 3.05) is 20.1 Å². The van der Waals surface area contributed by atoms with Crippen molar-refractivity contribution in [1.29, 1.82) is 0 Å². The summed E-state index contributed by atoms with van der Waals surface area (Å²) in [6, 6.07) is 1.72. The molecule has 1 rings (SSSR count). The van der Waals surface area contributed by atoms with Gasteiger partial charge in [-0.2, -0.15) is 4.31 Å². The highest BCUT2D eigenvalue weighted by Crippen LogP contribution is 2.19. The van der Waals surface area contributed by atoms with Gasteiger partial charge in [0, 0.05) is 31.5 Å². The van der Waals surface area contributed by atoms with Crippen molar-refractivity contribution in [3.63, 3.8) is 0 Å². The molecule has 20 heavy (non-hydrogen) atoms. The average Bonchev–Trinajstić information content (AvgIpc) is 2.83. The molecule has 0 saturated heterocycles. The van der Waals surface area contributed by atoms with Crippen LogP contribution in [0.25, 0.3) is 0 Å². The highest BCUT2D eigenvalue weighted by atomic mass is 32.2. The molecule has 0 unspecified atom stereocenters. The number of sulfonamides is 1. The quantitative estimate of drug-likeness (QED) is 0.735. The first-order chi connectivity index (χ1) is 9.51. The molecule has 0 aromatic carbocycles. The maximum absolute atomic E-state index is 12.6. The smallest absolute Gasteiger partial charge is 0.245 e. The molecular formula is C14H23N3O2S. The lowest BCUT2D eigenvalue weighted by atomic mass is 10.4. The normalized spacial score (nSPS) is 11.8. The van der Waals surface area contributed by atoms with Gasteiger partial charge in [0.1, 0.15) is 4.90 Å². The Morgan fingerprint density at radius 2 is 2.15 bits per heavy atom. The van der Waals surface area contributed by atoms with E-state index >= 15 is 0 Å². The Morgan fingerprint density at radius 3 is 2.65 bits per heavy atom. The first-order valence-corrected chi connectivity index (χ1v) is 8.22. The fraction of sp³-hybridized carbons (Fsp3) is 0.571. The van der Waals surface area contributed by atoms with Gasteiger partial charge >= 0.3 is 0 Å². The van der Waals surface area contributed by atoms with Crippen molar-refractivity contribution >= 4 is 10.0 Å². The van der Waals surface area contributed by atoms with Gasteiger partial charge in [-0.3, -0.25) is 0 Å². The number of aromatic nitrogens is 1. The Kier molecular flexibility index (Phi) is 6.27. The molecule has 0 bridgehead atoms. The van der Waals surface area contributed by atoms with Gasteiger partial charge in [-0.25, -0.2) is 8.42 Å². The van der Waals surface area contributed by atoms with Crippen LogP contribution >= 0.6 is 0 Å². The number of hydrogen-bond donors (Lipinski definition) is 1. The van der Waals surface area contributed by atoms with Gasteiger partial charge in [0.2, 0.25) is 10.0 Å². The number of nitrogens with zero attached hydrogens (tertiary/aromatic N) is 2. The van der Waals surface area contributed by atoms with Crippen molar-refractivity contribution in [1.82, 2.24) is 14.2 Å². The standard InChI is InChI=1S/C14H23N3O2S/c1-5-8-17(9-6-2)20(18,19)14-10-13(11-15-4)16(7-3)12-14/h1,10,12,15H,6-9,11H2,2-4H3. The zero-order valence-corrected chi connectivity index (χ0v) is 13.2. The molecule has 112 valence electrons. The largest absolute Gasteiger partial charge is 0.349 e. The fourth-order valence-corrected chi connectivity index (χ4v) is 3.59. The molecule has 0 radical (unpaired) electrons. The van der Waals surface area contributed by atoms with Gasteiger partial charge in [-0.05, 0) is 26.5 Å². The first-order valence-electron chi connectivity index (χ1n) is 6.78. The summed E-state index contributed by atoms with van der Waals surface area (Å²) in [5.74, 6) is 2.42. The zero-order valence-electron chi connectivity index (χ0n) is 12.4. The van der Waals surface area contributed by atoms with Crippen molar-refractivity contribution in [3.8, 4) is 12.3 Å².